The summed E-state index contributed by atoms with van der Waals surface area (Å²) in [6.45, 7) is 0. The summed E-state index contributed by atoms with van der Waals surface area (Å²) in [6, 6.07) is 111. The van der Waals surface area contributed by atoms with Gasteiger partial charge >= 0.3 is 0 Å². The molecule has 20 aromatic rings. The SMILES string of the molecule is c1ccc(-c2ncc(-n3c4ccccc4c4cc5c(c(-c6ccccc6)c43)c3ccccc3n5-c3ccccc3)s2)cc1.c1ccc(-n2c3ccccc3c3cc4c(cc32)c2ccccc2n4-c2cnc(-c3ccc(-n4c5ccccc5c5ccccc54)cc3)s2)cc1. The van der Waals surface area contributed by atoms with Gasteiger partial charge in [0.2, 0.25) is 0 Å². The summed E-state index contributed by atoms with van der Waals surface area (Å²) < 4.78 is 12.0. The number of rotatable bonds is 8. The molecule has 7 heterocycles. The largest absolute Gasteiger partial charge is 0.309 e. The summed E-state index contributed by atoms with van der Waals surface area (Å²) in [4.78, 5) is 9.90. The van der Waals surface area contributed by atoms with Crippen LogP contribution in [0.4, 0.5) is 0 Å². The van der Waals surface area contributed by atoms with E-state index in [1.165, 1.54) is 120 Å². The number of nitrogens with zero attached hydrogens (tertiary/aromatic N) is 7. The molecule has 0 N–H and O–H groups in total. The van der Waals surface area contributed by atoms with Gasteiger partial charge in [0.05, 0.1) is 67.6 Å². The summed E-state index contributed by atoms with van der Waals surface area (Å²) in [5.41, 5.74) is 20.2. The molecule has 0 aliphatic heterocycles. The van der Waals surface area contributed by atoms with Crippen molar-refractivity contribution in [2.24, 2.45) is 0 Å². The van der Waals surface area contributed by atoms with Crippen molar-refractivity contribution in [3.63, 3.8) is 0 Å². The average molecular weight is 1220 g/mol. The smallest absolute Gasteiger partial charge is 0.125 e. The first-order chi connectivity index (χ1) is 46.2. The maximum atomic E-state index is 4.99. The number of aromatic nitrogens is 7. The number of hydrogen-bond donors (Lipinski definition) is 0. The van der Waals surface area contributed by atoms with Crippen LogP contribution in [0.25, 0.3) is 168 Å². The molecule has 20 rings (SSSR count). The standard InChI is InChI=1S/C45H28N4S.C39H25N3S/c1-2-12-30(13-3-1)48-40-20-10-6-16-34(40)36-27-43-37(26-42(36)48)35-17-7-11-21-41(35)49(43)44-28-46-45(50-44)29-22-24-31(25-23-29)47-38-18-8-4-14-32(38)33-15-5-9-19-39(33)47;1-4-14-26(15-5-1)36-37-30-21-11-13-23-33(30)41(28-18-8-3-9-19-28)34(37)24-31-29-20-10-12-22-32(29)42(38(31)36)35-25-40-39(43-35)27-16-6-2-7-17-27/h1-28H;1-25H. The van der Waals surface area contributed by atoms with Crippen LogP contribution in [0.3, 0.4) is 0 Å². The second-order valence-corrected chi connectivity index (χ2v) is 25.7. The van der Waals surface area contributed by atoms with Crippen LogP contribution in [0.15, 0.2) is 322 Å². The van der Waals surface area contributed by atoms with E-state index in [0.717, 1.165) is 48.2 Å². The van der Waals surface area contributed by atoms with E-state index < -0.39 is 0 Å². The Labute approximate surface area is 542 Å². The van der Waals surface area contributed by atoms with Crippen LogP contribution in [0, 0.1) is 0 Å². The summed E-state index contributed by atoms with van der Waals surface area (Å²) in [5, 5.41) is 16.7. The first kappa shape index (κ1) is 53.0. The zero-order valence-electron chi connectivity index (χ0n) is 50.0. The molecule has 7 nitrogen and oxygen atoms in total. The van der Waals surface area contributed by atoms with E-state index in [2.05, 4.69) is 326 Å². The minimum Gasteiger partial charge on any atom is -0.309 e. The molecule has 0 aliphatic rings. The lowest BCUT2D eigenvalue weighted by molar-refractivity contribution is 1.18. The van der Waals surface area contributed by atoms with Crippen molar-refractivity contribution in [2.45, 2.75) is 0 Å². The van der Waals surface area contributed by atoms with Crippen molar-refractivity contribution in [1.82, 2.24) is 32.8 Å². The Balaban J connectivity index is 0.000000134. The molecule has 0 saturated heterocycles. The van der Waals surface area contributed by atoms with Gasteiger partial charge in [0.15, 0.2) is 0 Å². The highest BCUT2D eigenvalue weighted by Crippen LogP contribution is 2.48. The molecule has 0 spiro atoms. The monoisotopic (exact) mass is 1220 g/mol. The van der Waals surface area contributed by atoms with Crippen LogP contribution in [0.2, 0.25) is 0 Å². The maximum Gasteiger partial charge on any atom is 0.125 e. The maximum absolute atomic E-state index is 4.99. The van der Waals surface area contributed by atoms with Crippen molar-refractivity contribution >= 4 is 132 Å². The quantitative estimate of drug-likeness (QED) is 0.152. The highest BCUT2D eigenvalue weighted by atomic mass is 32.1. The molecule has 0 saturated carbocycles. The van der Waals surface area contributed by atoms with Gasteiger partial charge < -0.3 is 13.7 Å². The topological polar surface area (TPSA) is 50.4 Å². The minimum absolute atomic E-state index is 1.00. The van der Waals surface area contributed by atoms with E-state index in [4.69, 9.17) is 9.97 Å². The normalized spacial score (nSPS) is 11.9. The summed E-state index contributed by atoms with van der Waals surface area (Å²) in [7, 11) is 0. The number of para-hydroxylation sites is 8. The van der Waals surface area contributed by atoms with E-state index in [0.29, 0.717) is 0 Å². The summed E-state index contributed by atoms with van der Waals surface area (Å²) >= 11 is 3.47. The van der Waals surface area contributed by atoms with Crippen LogP contribution in [-0.2, 0) is 0 Å². The molecule has 0 atom stereocenters. The van der Waals surface area contributed by atoms with Gasteiger partial charge in [-0.3, -0.25) is 9.13 Å². The van der Waals surface area contributed by atoms with Crippen molar-refractivity contribution in [3.05, 3.63) is 322 Å². The average Bonchev–Trinajstić information content (AvgIpc) is 1.54. The zero-order valence-corrected chi connectivity index (χ0v) is 51.7. The van der Waals surface area contributed by atoms with Gasteiger partial charge in [0.1, 0.15) is 20.0 Å². The van der Waals surface area contributed by atoms with Crippen molar-refractivity contribution in [3.8, 4) is 59.3 Å². The fourth-order valence-corrected chi connectivity index (χ4v) is 16.5. The molecule has 0 amide bonds. The predicted octanol–water partition coefficient (Wildman–Crippen LogP) is 22.8. The highest BCUT2D eigenvalue weighted by molar-refractivity contribution is 7.17. The number of benzene rings is 13. The minimum atomic E-state index is 1.00. The molecular formula is C84H53N7S2. The van der Waals surface area contributed by atoms with E-state index in [1.807, 2.05) is 18.5 Å². The third-order valence-corrected chi connectivity index (χ3v) is 20.6. The van der Waals surface area contributed by atoms with E-state index >= 15 is 0 Å². The number of thiazole rings is 2. The van der Waals surface area contributed by atoms with Gasteiger partial charge in [-0.05, 0) is 109 Å². The zero-order chi connectivity index (χ0) is 61.1. The van der Waals surface area contributed by atoms with Gasteiger partial charge in [-0.2, -0.15) is 0 Å². The van der Waals surface area contributed by atoms with Gasteiger partial charge in [-0.1, -0.05) is 229 Å². The van der Waals surface area contributed by atoms with Crippen LogP contribution < -0.4 is 0 Å². The van der Waals surface area contributed by atoms with E-state index in [-0.39, 0.29) is 0 Å². The molecule has 9 heteroatoms. The van der Waals surface area contributed by atoms with Gasteiger partial charge in [-0.25, -0.2) is 9.97 Å². The fourth-order valence-electron chi connectivity index (χ4n) is 14.6. The first-order valence-corrected chi connectivity index (χ1v) is 33.0. The Morgan fingerprint density at radius 2 is 0.548 bits per heavy atom. The lowest BCUT2D eigenvalue weighted by Crippen LogP contribution is -1.95. The molecular weight excluding hydrogens is 1170 g/mol. The molecule has 436 valence electrons. The molecule has 93 heavy (non-hydrogen) atoms. The Bertz CT molecular complexity index is 6230. The van der Waals surface area contributed by atoms with Crippen molar-refractivity contribution in [2.75, 3.05) is 0 Å². The first-order valence-electron chi connectivity index (χ1n) is 31.4. The number of fused-ring (bicyclic) bond motifs is 15. The van der Waals surface area contributed by atoms with Crippen LogP contribution in [0.1, 0.15) is 0 Å². The van der Waals surface area contributed by atoms with Gasteiger partial charge in [-0.15, -0.1) is 0 Å². The van der Waals surface area contributed by atoms with Gasteiger partial charge in [0, 0.05) is 87.6 Å². The van der Waals surface area contributed by atoms with Gasteiger partial charge in [0.25, 0.3) is 0 Å². The van der Waals surface area contributed by atoms with Crippen LogP contribution >= 0.6 is 22.7 Å². The van der Waals surface area contributed by atoms with Crippen LogP contribution in [0.5, 0.6) is 0 Å². The lowest BCUT2D eigenvalue weighted by Gasteiger charge is -2.13. The van der Waals surface area contributed by atoms with Crippen molar-refractivity contribution < 1.29 is 0 Å². The second kappa shape index (κ2) is 21.4. The molecule has 0 aliphatic carbocycles. The van der Waals surface area contributed by atoms with E-state index in [9.17, 15) is 0 Å². The van der Waals surface area contributed by atoms with Crippen LogP contribution in [-0.4, -0.2) is 32.8 Å². The predicted molar refractivity (Wildman–Crippen MR) is 392 cm³/mol. The molecule has 0 fully saturated rings. The van der Waals surface area contributed by atoms with E-state index in [1.54, 1.807) is 22.7 Å². The molecule has 0 radical (unpaired) electrons. The Morgan fingerprint density at radius 3 is 1.05 bits per heavy atom. The van der Waals surface area contributed by atoms with Crippen molar-refractivity contribution in [1.29, 1.82) is 0 Å². The third-order valence-electron chi connectivity index (χ3n) is 18.6. The molecule has 0 unspecified atom stereocenters. The summed E-state index contributed by atoms with van der Waals surface area (Å²) in [6.07, 6.45) is 4.06. The summed E-state index contributed by atoms with van der Waals surface area (Å²) in [5.74, 6) is 0. The number of hydrogen-bond acceptors (Lipinski definition) is 4. The Hall–Kier alpha value is -11.9. The Kier molecular flexibility index (Phi) is 12.2. The Morgan fingerprint density at radius 1 is 0.226 bits per heavy atom. The lowest BCUT2D eigenvalue weighted by atomic mass is 9.96. The molecule has 0 bridgehead atoms. The second-order valence-electron chi connectivity index (χ2n) is 23.7. The highest BCUT2D eigenvalue weighted by Gasteiger charge is 2.26. The third kappa shape index (κ3) is 8.34. The molecule has 13 aromatic carbocycles. The molecule has 7 aromatic heterocycles. The fraction of sp³-hybridized carbons (Fsp3) is 0.